The Morgan fingerprint density at radius 1 is 1.39 bits per heavy atom. The average Bonchev–Trinajstić information content (AvgIpc) is 3.10. The van der Waals surface area contributed by atoms with Gasteiger partial charge in [-0.15, -0.1) is 0 Å². The van der Waals surface area contributed by atoms with Crippen LogP contribution in [0, 0.1) is 11.8 Å². The van der Waals surface area contributed by atoms with E-state index >= 15 is 0 Å². The molecular formula is C15H17F3N4O. The van der Waals surface area contributed by atoms with Gasteiger partial charge in [-0.2, -0.15) is 13.2 Å². The van der Waals surface area contributed by atoms with Gasteiger partial charge in [0.1, 0.15) is 5.82 Å². The predicted octanol–water partition coefficient (Wildman–Crippen LogP) is 1.59. The number of hydrogen-bond acceptors (Lipinski definition) is 3. The van der Waals surface area contributed by atoms with Gasteiger partial charge >= 0.3 is 6.18 Å². The topological polar surface area (TPSA) is 59.0 Å². The van der Waals surface area contributed by atoms with Crippen molar-refractivity contribution >= 4 is 16.9 Å². The number of alkyl halides is 3. The summed E-state index contributed by atoms with van der Waals surface area (Å²) in [5, 5.41) is 5.22. The molecule has 0 bridgehead atoms. The number of aryl methyl sites for hydroxylation is 1. The molecule has 1 amide bonds. The normalized spacial score (nSPS) is 21.7. The number of imidazole rings is 1. The van der Waals surface area contributed by atoms with E-state index in [4.69, 9.17) is 0 Å². The van der Waals surface area contributed by atoms with Crippen molar-refractivity contribution < 1.29 is 18.0 Å². The lowest BCUT2D eigenvalue weighted by Crippen LogP contribution is -2.40. The predicted molar refractivity (Wildman–Crippen MR) is 78.5 cm³/mol. The van der Waals surface area contributed by atoms with Crippen LogP contribution >= 0.6 is 0 Å². The maximum absolute atomic E-state index is 12.9. The van der Waals surface area contributed by atoms with Crippen LogP contribution in [0.15, 0.2) is 24.3 Å². The van der Waals surface area contributed by atoms with E-state index in [2.05, 4.69) is 15.6 Å². The fourth-order valence-corrected chi connectivity index (χ4v) is 2.95. The van der Waals surface area contributed by atoms with Gasteiger partial charge in [-0.1, -0.05) is 12.1 Å². The molecule has 2 heterocycles. The van der Waals surface area contributed by atoms with Gasteiger partial charge in [-0.3, -0.25) is 4.79 Å². The maximum atomic E-state index is 12.9. The summed E-state index contributed by atoms with van der Waals surface area (Å²) in [5.41, 5.74) is 1.70. The van der Waals surface area contributed by atoms with Crippen LogP contribution in [-0.2, 0) is 18.4 Å². The number of rotatable bonds is 3. The smallest absolute Gasteiger partial charge is 0.349 e. The van der Waals surface area contributed by atoms with Crippen molar-refractivity contribution in [2.75, 3.05) is 13.1 Å². The highest BCUT2D eigenvalue weighted by Crippen LogP contribution is 2.34. The lowest BCUT2D eigenvalue weighted by molar-refractivity contribution is -0.182. The maximum Gasteiger partial charge on any atom is 0.393 e. The Kier molecular flexibility index (Phi) is 4.01. The summed E-state index contributed by atoms with van der Waals surface area (Å²) >= 11 is 0. The number of aromatic nitrogens is 2. The first-order chi connectivity index (χ1) is 10.9. The number of fused-ring (bicyclic) bond motifs is 1. The minimum Gasteiger partial charge on any atom is -0.349 e. The number of hydrogen-bond donors (Lipinski definition) is 2. The van der Waals surface area contributed by atoms with Crippen LogP contribution in [0.5, 0.6) is 0 Å². The van der Waals surface area contributed by atoms with Gasteiger partial charge in [0.05, 0.1) is 29.4 Å². The Labute approximate surface area is 130 Å². The molecule has 5 nitrogen and oxygen atoms in total. The van der Waals surface area contributed by atoms with E-state index in [-0.39, 0.29) is 19.6 Å². The molecule has 1 aromatic heterocycles. The summed E-state index contributed by atoms with van der Waals surface area (Å²) in [7, 11) is 1.81. The third-order valence-corrected chi connectivity index (χ3v) is 4.27. The minimum absolute atomic E-state index is 0.0402. The van der Waals surface area contributed by atoms with Crippen LogP contribution in [0.1, 0.15) is 5.82 Å². The number of benzene rings is 1. The van der Waals surface area contributed by atoms with Crippen molar-refractivity contribution in [3.05, 3.63) is 30.1 Å². The molecule has 3 rings (SSSR count). The standard InChI is InChI=1S/C15H17F3N4O/c1-22-12-5-3-2-4-11(12)21-13(22)8-20-14(23)9-6-19-7-10(9)15(16,17)18/h2-5,9-10,19H,6-8H2,1H3,(H,20,23)/t9-,10-/m1/s1. The summed E-state index contributed by atoms with van der Waals surface area (Å²) in [6.45, 7) is -0.0719. The number of halogens is 3. The van der Waals surface area contributed by atoms with Gasteiger partial charge in [-0.25, -0.2) is 4.98 Å². The van der Waals surface area contributed by atoms with Crippen LogP contribution in [-0.4, -0.2) is 34.7 Å². The van der Waals surface area contributed by atoms with Crippen molar-refractivity contribution in [3.63, 3.8) is 0 Å². The molecule has 23 heavy (non-hydrogen) atoms. The summed E-state index contributed by atoms with van der Waals surface area (Å²) in [6, 6.07) is 7.48. The zero-order valence-electron chi connectivity index (χ0n) is 12.5. The molecule has 0 radical (unpaired) electrons. The largest absolute Gasteiger partial charge is 0.393 e. The number of para-hydroxylation sites is 2. The van der Waals surface area contributed by atoms with E-state index in [1.54, 1.807) is 0 Å². The lowest BCUT2D eigenvalue weighted by Gasteiger charge is -2.20. The van der Waals surface area contributed by atoms with Crippen LogP contribution in [0.3, 0.4) is 0 Å². The first-order valence-corrected chi connectivity index (χ1v) is 7.33. The van der Waals surface area contributed by atoms with Crippen molar-refractivity contribution in [2.45, 2.75) is 12.7 Å². The molecule has 1 aliphatic heterocycles. The highest BCUT2D eigenvalue weighted by atomic mass is 19.4. The summed E-state index contributed by atoms with van der Waals surface area (Å²) in [4.78, 5) is 16.5. The van der Waals surface area contributed by atoms with E-state index in [0.717, 1.165) is 11.0 Å². The van der Waals surface area contributed by atoms with Crippen LogP contribution < -0.4 is 10.6 Å². The molecular weight excluding hydrogens is 309 g/mol. The summed E-state index contributed by atoms with van der Waals surface area (Å²) < 4.78 is 40.5. The van der Waals surface area contributed by atoms with Crippen LogP contribution in [0.4, 0.5) is 13.2 Å². The average molecular weight is 326 g/mol. The number of carbonyl (C=O) groups excluding carboxylic acids is 1. The second kappa shape index (κ2) is 5.84. The molecule has 1 fully saturated rings. The highest BCUT2D eigenvalue weighted by molar-refractivity contribution is 5.80. The first-order valence-electron chi connectivity index (χ1n) is 7.33. The van der Waals surface area contributed by atoms with Crippen molar-refractivity contribution in [2.24, 2.45) is 18.9 Å². The van der Waals surface area contributed by atoms with E-state index in [9.17, 15) is 18.0 Å². The molecule has 1 aliphatic rings. The molecule has 0 unspecified atom stereocenters. The number of carbonyl (C=O) groups is 1. The SMILES string of the molecule is Cn1c(CNC(=O)[C@@H]2CNC[C@H]2C(F)(F)F)nc2ccccc21. The molecule has 0 aliphatic carbocycles. The molecule has 2 aromatic rings. The Morgan fingerprint density at radius 3 is 2.83 bits per heavy atom. The molecule has 1 saturated heterocycles. The molecule has 1 aromatic carbocycles. The van der Waals surface area contributed by atoms with Gasteiger partial charge in [0.25, 0.3) is 0 Å². The van der Waals surface area contributed by atoms with Gasteiger partial charge in [-0.05, 0) is 12.1 Å². The number of nitrogens with zero attached hydrogens (tertiary/aromatic N) is 2. The fourth-order valence-electron chi connectivity index (χ4n) is 2.95. The van der Waals surface area contributed by atoms with E-state index in [1.165, 1.54) is 0 Å². The zero-order chi connectivity index (χ0) is 16.6. The molecule has 0 saturated carbocycles. The Hall–Kier alpha value is -2.09. The van der Waals surface area contributed by atoms with Crippen molar-refractivity contribution in [3.8, 4) is 0 Å². The number of nitrogens with one attached hydrogen (secondary N) is 2. The van der Waals surface area contributed by atoms with Gasteiger partial charge < -0.3 is 15.2 Å². The highest BCUT2D eigenvalue weighted by Gasteiger charge is 2.49. The van der Waals surface area contributed by atoms with Crippen molar-refractivity contribution in [1.82, 2.24) is 20.2 Å². The third-order valence-electron chi connectivity index (χ3n) is 4.27. The Balaban J connectivity index is 1.70. The quantitative estimate of drug-likeness (QED) is 0.900. The monoisotopic (exact) mass is 326 g/mol. The van der Waals surface area contributed by atoms with E-state index in [1.807, 2.05) is 35.9 Å². The summed E-state index contributed by atoms with van der Waals surface area (Å²) in [5.74, 6) is -2.72. The second-order valence-corrected chi connectivity index (χ2v) is 5.71. The van der Waals surface area contributed by atoms with Gasteiger partial charge in [0.15, 0.2) is 0 Å². The minimum atomic E-state index is -4.37. The summed E-state index contributed by atoms with van der Waals surface area (Å²) in [6.07, 6.45) is -4.37. The van der Waals surface area contributed by atoms with Crippen LogP contribution in [0.25, 0.3) is 11.0 Å². The lowest BCUT2D eigenvalue weighted by atomic mass is 9.94. The first kappa shape index (κ1) is 15.8. The molecule has 0 spiro atoms. The Bertz CT molecular complexity index is 725. The fraction of sp³-hybridized carbons (Fsp3) is 0.467. The number of amides is 1. The van der Waals surface area contributed by atoms with Gasteiger partial charge in [0, 0.05) is 20.1 Å². The molecule has 2 N–H and O–H groups in total. The van der Waals surface area contributed by atoms with Gasteiger partial charge in [0.2, 0.25) is 5.91 Å². The second-order valence-electron chi connectivity index (χ2n) is 5.71. The molecule has 8 heteroatoms. The molecule has 2 atom stereocenters. The van der Waals surface area contributed by atoms with E-state index < -0.39 is 23.9 Å². The van der Waals surface area contributed by atoms with Crippen molar-refractivity contribution in [1.29, 1.82) is 0 Å². The van der Waals surface area contributed by atoms with E-state index in [0.29, 0.717) is 5.82 Å². The molecule has 124 valence electrons. The zero-order valence-corrected chi connectivity index (χ0v) is 12.5. The Morgan fingerprint density at radius 2 is 2.13 bits per heavy atom. The van der Waals surface area contributed by atoms with Crippen LogP contribution in [0.2, 0.25) is 0 Å². The third kappa shape index (κ3) is 3.03.